The Labute approximate surface area is 219 Å². The molecule has 7 nitrogen and oxygen atoms in total. The van der Waals surface area contributed by atoms with Gasteiger partial charge in [0.2, 0.25) is 11.0 Å². The second-order valence-corrected chi connectivity index (χ2v) is 11.1. The number of sulfonamides is 1. The smallest absolute Gasteiger partial charge is 0.299 e. The molecular weight excluding hydrogens is 549 g/mol. The van der Waals surface area contributed by atoms with Crippen LogP contribution in [0.1, 0.15) is 11.1 Å². The maximum absolute atomic E-state index is 13.4. The van der Waals surface area contributed by atoms with Gasteiger partial charge < -0.3 is 0 Å². The highest BCUT2D eigenvalue weighted by Crippen LogP contribution is 2.33. The maximum atomic E-state index is 13.4. The summed E-state index contributed by atoms with van der Waals surface area (Å²) < 4.78 is 67.5. The van der Waals surface area contributed by atoms with E-state index < -0.39 is 34.2 Å². The molecule has 0 aliphatic heterocycles. The number of halogens is 4. The van der Waals surface area contributed by atoms with E-state index >= 15 is 0 Å². The Bertz CT molecular complexity index is 1520. The summed E-state index contributed by atoms with van der Waals surface area (Å²) in [5, 5.41) is 11.5. The lowest BCUT2D eigenvalue weighted by molar-refractivity contribution is -0.137. The number of hydrogen-bond donors (Lipinski definition) is 1. The molecule has 0 fully saturated rings. The summed E-state index contributed by atoms with van der Waals surface area (Å²) in [7, 11) is -4.40. The van der Waals surface area contributed by atoms with E-state index in [1.54, 1.807) is 43.3 Å². The van der Waals surface area contributed by atoms with E-state index in [0.29, 0.717) is 26.0 Å². The van der Waals surface area contributed by atoms with Crippen molar-refractivity contribution in [3.05, 3.63) is 88.9 Å². The first-order valence-electron chi connectivity index (χ1n) is 10.6. The molecule has 3 aromatic carbocycles. The molecule has 1 amide bonds. The Kier molecular flexibility index (Phi) is 7.53. The van der Waals surface area contributed by atoms with Crippen LogP contribution in [0.4, 0.5) is 24.0 Å². The number of aromatic nitrogens is 2. The summed E-state index contributed by atoms with van der Waals surface area (Å²) in [6, 6.07) is 16.3. The average Bonchev–Trinajstić information content (AvgIpc) is 3.31. The number of benzene rings is 3. The van der Waals surface area contributed by atoms with Gasteiger partial charge >= 0.3 is 6.18 Å². The SMILES string of the molecule is Cc1ccc(S(=O)(=O)N(CC(=O)Nc2nnc(-c3ccc(Cl)cc3)s2)c2cccc(C(F)(F)F)c2)cc1. The number of hydrogen-bond acceptors (Lipinski definition) is 6. The Balaban J connectivity index is 1.63. The van der Waals surface area contributed by atoms with Crippen LogP contribution in [-0.2, 0) is 21.0 Å². The fourth-order valence-electron chi connectivity index (χ4n) is 3.26. The standard InChI is InChI=1S/C24H18ClF3N4O3S2/c1-15-5-11-20(12-6-15)37(34,35)32(19-4-2-3-17(13-19)24(26,27)28)14-21(33)29-23-31-30-22(36-23)16-7-9-18(25)10-8-16/h2-13H,14H2,1H3,(H,29,31,33). The number of rotatable bonds is 7. The van der Waals surface area contributed by atoms with Crippen LogP contribution in [0.3, 0.4) is 0 Å². The van der Waals surface area contributed by atoms with Crippen molar-refractivity contribution in [1.29, 1.82) is 0 Å². The summed E-state index contributed by atoms with van der Waals surface area (Å²) in [6.07, 6.45) is -4.71. The molecule has 192 valence electrons. The van der Waals surface area contributed by atoms with Gasteiger partial charge in [0.15, 0.2) is 0 Å². The van der Waals surface area contributed by atoms with Crippen LogP contribution in [0.2, 0.25) is 5.02 Å². The van der Waals surface area contributed by atoms with Crippen molar-refractivity contribution in [3.63, 3.8) is 0 Å². The molecular formula is C24H18ClF3N4O3S2. The number of carbonyl (C=O) groups is 1. The van der Waals surface area contributed by atoms with Gasteiger partial charge in [0, 0.05) is 10.6 Å². The predicted molar refractivity (Wildman–Crippen MR) is 136 cm³/mol. The molecule has 0 unspecified atom stereocenters. The van der Waals surface area contributed by atoms with E-state index in [4.69, 9.17) is 11.6 Å². The van der Waals surface area contributed by atoms with Crippen LogP contribution in [0.15, 0.2) is 77.7 Å². The zero-order chi connectivity index (χ0) is 26.8. The van der Waals surface area contributed by atoms with E-state index in [1.165, 1.54) is 18.2 Å². The third kappa shape index (κ3) is 6.27. The van der Waals surface area contributed by atoms with Crippen molar-refractivity contribution in [2.24, 2.45) is 0 Å². The van der Waals surface area contributed by atoms with Gasteiger partial charge in [-0.2, -0.15) is 13.2 Å². The summed E-state index contributed by atoms with van der Waals surface area (Å²) in [5.41, 5.74) is 0.126. The molecule has 0 spiro atoms. The monoisotopic (exact) mass is 566 g/mol. The van der Waals surface area contributed by atoms with E-state index in [-0.39, 0.29) is 15.7 Å². The first kappa shape index (κ1) is 26.6. The second-order valence-electron chi connectivity index (χ2n) is 7.84. The second kappa shape index (κ2) is 10.5. The number of carbonyl (C=O) groups excluding carboxylic acids is 1. The van der Waals surface area contributed by atoms with Gasteiger partial charge in [-0.3, -0.25) is 14.4 Å². The molecule has 4 rings (SSSR count). The van der Waals surface area contributed by atoms with Crippen molar-refractivity contribution in [3.8, 4) is 10.6 Å². The highest BCUT2D eigenvalue weighted by atomic mass is 35.5. The van der Waals surface area contributed by atoms with Gasteiger partial charge in [-0.15, -0.1) is 10.2 Å². The molecule has 4 aromatic rings. The lowest BCUT2D eigenvalue weighted by atomic mass is 10.2. The molecule has 0 bridgehead atoms. The summed E-state index contributed by atoms with van der Waals surface area (Å²) in [4.78, 5) is 12.7. The molecule has 0 saturated carbocycles. The predicted octanol–water partition coefficient (Wildman–Crippen LogP) is 6.02. The maximum Gasteiger partial charge on any atom is 0.416 e. The van der Waals surface area contributed by atoms with Crippen LogP contribution < -0.4 is 9.62 Å². The number of amides is 1. The van der Waals surface area contributed by atoms with Crippen molar-refractivity contribution in [1.82, 2.24) is 10.2 Å². The van der Waals surface area contributed by atoms with Crippen molar-refractivity contribution < 1.29 is 26.4 Å². The van der Waals surface area contributed by atoms with Crippen molar-refractivity contribution in [2.45, 2.75) is 18.0 Å². The first-order valence-corrected chi connectivity index (χ1v) is 13.2. The molecule has 1 aromatic heterocycles. The van der Waals surface area contributed by atoms with E-state index in [0.717, 1.165) is 29.0 Å². The minimum Gasteiger partial charge on any atom is -0.299 e. The van der Waals surface area contributed by atoms with E-state index in [9.17, 15) is 26.4 Å². The topological polar surface area (TPSA) is 92.3 Å². The Morgan fingerprint density at radius 2 is 1.70 bits per heavy atom. The van der Waals surface area contributed by atoms with Crippen LogP contribution >= 0.6 is 22.9 Å². The van der Waals surface area contributed by atoms with Crippen LogP contribution in [-0.4, -0.2) is 31.1 Å². The Morgan fingerprint density at radius 3 is 2.35 bits per heavy atom. The largest absolute Gasteiger partial charge is 0.416 e. The Hall–Kier alpha value is -3.48. The van der Waals surface area contributed by atoms with Crippen LogP contribution in [0.5, 0.6) is 0 Å². The molecule has 37 heavy (non-hydrogen) atoms. The van der Waals surface area contributed by atoms with Crippen molar-refractivity contribution in [2.75, 3.05) is 16.2 Å². The fourth-order valence-corrected chi connectivity index (χ4v) is 5.57. The Morgan fingerprint density at radius 1 is 1.03 bits per heavy atom. The van der Waals surface area contributed by atoms with Crippen molar-refractivity contribution >= 4 is 49.7 Å². The van der Waals surface area contributed by atoms with Gasteiger partial charge in [-0.05, 0) is 49.4 Å². The summed E-state index contributed by atoms with van der Waals surface area (Å²) >= 11 is 6.93. The average molecular weight is 567 g/mol. The first-order chi connectivity index (χ1) is 17.4. The molecule has 1 heterocycles. The minimum atomic E-state index is -4.71. The molecule has 0 radical (unpaired) electrons. The molecule has 13 heteroatoms. The van der Waals surface area contributed by atoms with E-state index in [2.05, 4.69) is 15.5 Å². The van der Waals surface area contributed by atoms with Crippen LogP contribution in [0.25, 0.3) is 10.6 Å². The number of nitrogens with zero attached hydrogens (tertiary/aromatic N) is 3. The van der Waals surface area contributed by atoms with E-state index in [1.807, 2.05) is 0 Å². The molecule has 0 saturated heterocycles. The number of aryl methyl sites for hydroxylation is 1. The summed E-state index contributed by atoms with van der Waals surface area (Å²) in [6.45, 7) is 0.960. The fraction of sp³-hybridized carbons (Fsp3) is 0.125. The number of anilines is 2. The quantitative estimate of drug-likeness (QED) is 0.295. The third-order valence-corrected chi connectivity index (χ3v) is 8.05. The van der Waals surface area contributed by atoms with Gasteiger partial charge in [-0.1, -0.05) is 58.8 Å². The lowest BCUT2D eigenvalue weighted by Crippen LogP contribution is -2.38. The van der Waals surface area contributed by atoms with Gasteiger partial charge in [0.25, 0.3) is 10.0 Å². The molecule has 0 atom stereocenters. The van der Waals surface area contributed by atoms with Gasteiger partial charge in [-0.25, -0.2) is 8.42 Å². The molecule has 0 aliphatic rings. The third-order valence-electron chi connectivity index (χ3n) is 5.12. The minimum absolute atomic E-state index is 0.0895. The normalized spacial score (nSPS) is 11.8. The number of alkyl halides is 3. The summed E-state index contributed by atoms with van der Waals surface area (Å²) in [5.74, 6) is -0.813. The number of nitrogens with one attached hydrogen (secondary N) is 1. The molecule has 0 aliphatic carbocycles. The highest BCUT2D eigenvalue weighted by molar-refractivity contribution is 7.92. The van der Waals surface area contributed by atoms with Gasteiger partial charge in [0.1, 0.15) is 11.6 Å². The lowest BCUT2D eigenvalue weighted by Gasteiger charge is -2.24. The zero-order valence-electron chi connectivity index (χ0n) is 19.0. The van der Waals surface area contributed by atoms with Crippen LogP contribution in [0, 0.1) is 6.92 Å². The highest BCUT2D eigenvalue weighted by Gasteiger charge is 2.33. The van der Waals surface area contributed by atoms with Gasteiger partial charge in [0.05, 0.1) is 16.1 Å². The zero-order valence-corrected chi connectivity index (χ0v) is 21.4. The molecule has 1 N–H and O–H groups in total.